The minimum Gasteiger partial charge on any atom is -0.394 e. The largest absolute Gasteiger partial charge is 0.394 e. The van der Waals surface area contributed by atoms with E-state index < -0.39 is 61.1 Å². The molecule has 4 rings (SSSR count). The van der Waals surface area contributed by atoms with Crippen LogP contribution in [0.2, 0.25) is 0 Å². The van der Waals surface area contributed by atoms with Crippen molar-refractivity contribution >= 4 is 22.7 Å². The summed E-state index contributed by atoms with van der Waals surface area (Å²) < 4.78 is 5.11. The second kappa shape index (κ2) is 8.77. The fourth-order valence-corrected chi connectivity index (χ4v) is 4.45. The number of H-pyrrole nitrogens is 1. The van der Waals surface area contributed by atoms with Crippen molar-refractivity contribution in [2.75, 3.05) is 6.61 Å². The molecule has 1 saturated heterocycles. The molecule has 2 aromatic rings. The van der Waals surface area contributed by atoms with Crippen molar-refractivity contribution in [1.29, 1.82) is 0 Å². The molecule has 0 bridgehead atoms. The maximum atomic E-state index is 13.3. The number of hydrogen-bond acceptors (Lipinski definition) is 8. The zero-order chi connectivity index (χ0) is 23.2. The molecule has 0 saturated carbocycles. The van der Waals surface area contributed by atoms with E-state index >= 15 is 0 Å². The molecule has 1 aromatic heterocycles. The molecule has 8 N–H and O–H groups in total. The molecule has 1 aromatic carbocycles. The van der Waals surface area contributed by atoms with E-state index in [0.29, 0.717) is 0 Å². The monoisotopic (exact) mass is 448 g/mol. The zero-order valence-electron chi connectivity index (χ0n) is 17.5. The Balaban J connectivity index is 1.62. The summed E-state index contributed by atoms with van der Waals surface area (Å²) in [4.78, 5) is 30.7. The van der Waals surface area contributed by atoms with Gasteiger partial charge in [-0.2, -0.15) is 0 Å². The molecule has 11 heteroatoms. The van der Waals surface area contributed by atoms with Crippen LogP contribution in [-0.4, -0.2) is 91.5 Å². The fourth-order valence-electron chi connectivity index (χ4n) is 4.45. The van der Waals surface area contributed by atoms with Gasteiger partial charge >= 0.3 is 0 Å². The predicted octanol–water partition coefficient (Wildman–Crippen LogP) is -2.32. The Morgan fingerprint density at radius 2 is 2.00 bits per heavy atom. The molecule has 0 spiro atoms. The molecular weight excluding hydrogens is 420 g/mol. The Morgan fingerprint density at radius 3 is 2.69 bits per heavy atom. The van der Waals surface area contributed by atoms with Gasteiger partial charge in [0.1, 0.15) is 30.4 Å². The molecule has 3 heterocycles. The standard InChI is InChI=1S/C21H28N4O7/c1-9(22)20(30)25-7-13-11(10-4-2-3-5-12(10)23-13)6-14(25)19(29)24-16-18(28)17(27)15(8-26)32-21(16)31/h2-5,9,14-18,21,23,26-28,31H,6-8,22H2,1H3,(H,24,29)/t9-,14-,15+,16+,17+,18+,21?/m0/s1. The molecule has 0 aliphatic carbocycles. The van der Waals surface area contributed by atoms with E-state index in [1.165, 1.54) is 11.8 Å². The number of rotatable bonds is 4. The highest BCUT2D eigenvalue weighted by molar-refractivity contribution is 5.92. The Morgan fingerprint density at radius 1 is 1.28 bits per heavy atom. The van der Waals surface area contributed by atoms with Gasteiger partial charge in [0.25, 0.3) is 0 Å². The predicted molar refractivity (Wildman–Crippen MR) is 112 cm³/mol. The Kier molecular flexibility index (Phi) is 6.21. The molecular formula is C21H28N4O7. The lowest BCUT2D eigenvalue weighted by Crippen LogP contribution is -2.66. The molecule has 32 heavy (non-hydrogen) atoms. The quantitative estimate of drug-likeness (QED) is 0.272. The number of fused-ring (bicyclic) bond motifs is 3. The number of aliphatic hydroxyl groups excluding tert-OH is 4. The van der Waals surface area contributed by atoms with Gasteiger partial charge in [0, 0.05) is 23.0 Å². The number of carbonyl (C=O) groups excluding carboxylic acids is 2. The highest BCUT2D eigenvalue weighted by Crippen LogP contribution is 2.31. The SMILES string of the molecule is C[C@H](N)C(=O)N1Cc2[nH]c3ccccc3c2C[C@H]1C(=O)N[C@H]1C(O)O[C@H](CO)[C@@H](O)[C@@H]1O. The minimum atomic E-state index is -1.65. The van der Waals surface area contributed by atoms with Crippen molar-refractivity contribution in [1.82, 2.24) is 15.2 Å². The third-order valence-corrected chi connectivity index (χ3v) is 6.19. The molecule has 174 valence electrons. The number of nitrogens with one attached hydrogen (secondary N) is 2. The third kappa shape index (κ3) is 3.87. The van der Waals surface area contributed by atoms with Crippen LogP contribution in [0.4, 0.5) is 0 Å². The Labute approximate surface area is 183 Å². The van der Waals surface area contributed by atoms with Crippen LogP contribution in [0, 0.1) is 0 Å². The smallest absolute Gasteiger partial charge is 0.243 e. The van der Waals surface area contributed by atoms with Crippen molar-refractivity contribution in [2.45, 2.75) is 62.6 Å². The van der Waals surface area contributed by atoms with Crippen molar-refractivity contribution in [2.24, 2.45) is 5.73 Å². The lowest BCUT2D eigenvalue weighted by Gasteiger charge is -2.42. The Hall–Kier alpha value is -2.54. The van der Waals surface area contributed by atoms with Gasteiger partial charge in [-0.15, -0.1) is 0 Å². The lowest BCUT2D eigenvalue weighted by atomic mass is 9.93. The topological polar surface area (TPSA) is 181 Å². The Bertz CT molecular complexity index is 1010. The van der Waals surface area contributed by atoms with E-state index in [4.69, 9.17) is 10.5 Å². The first-order valence-electron chi connectivity index (χ1n) is 10.5. The van der Waals surface area contributed by atoms with Crippen LogP contribution < -0.4 is 11.1 Å². The number of para-hydroxylation sites is 1. The van der Waals surface area contributed by atoms with E-state index in [1.54, 1.807) is 0 Å². The molecule has 0 radical (unpaired) electrons. The van der Waals surface area contributed by atoms with Crippen molar-refractivity contribution in [3.05, 3.63) is 35.5 Å². The number of aromatic amines is 1. The first-order valence-corrected chi connectivity index (χ1v) is 10.5. The fraction of sp³-hybridized carbons (Fsp3) is 0.524. The van der Waals surface area contributed by atoms with Gasteiger partial charge in [-0.1, -0.05) is 18.2 Å². The van der Waals surface area contributed by atoms with E-state index in [1.807, 2.05) is 24.3 Å². The summed E-state index contributed by atoms with van der Waals surface area (Å²) in [6.07, 6.45) is -5.73. The van der Waals surface area contributed by atoms with Crippen LogP contribution in [0.15, 0.2) is 24.3 Å². The second-order valence-electron chi connectivity index (χ2n) is 8.37. The van der Waals surface area contributed by atoms with Crippen LogP contribution in [0.25, 0.3) is 10.9 Å². The number of hydrogen-bond donors (Lipinski definition) is 7. The molecule has 2 aliphatic rings. The van der Waals surface area contributed by atoms with Gasteiger partial charge in [0.15, 0.2) is 6.29 Å². The number of ether oxygens (including phenoxy) is 1. The maximum absolute atomic E-state index is 13.3. The number of benzene rings is 1. The summed E-state index contributed by atoms with van der Waals surface area (Å²) in [5.74, 6) is -1.05. The third-order valence-electron chi connectivity index (χ3n) is 6.19. The van der Waals surface area contributed by atoms with Gasteiger partial charge in [0.2, 0.25) is 11.8 Å². The molecule has 2 aliphatic heterocycles. The molecule has 7 atom stereocenters. The maximum Gasteiger partial charge on any atom is 0.243 e. The number of nitrogens with zero attached hydrogens (tertiary/aromatic N) is 1. The first-order chi connectivity index (χ1) is 15.2. The average Bonchev–Trinajstić information content (AvgIpc) is 3.15. The van der Waals surface area contributed by atoms with Crippen molar-refractivity contribution in [3.63, 3.8) is 0 Å². The van der Waals surface area contributed by atoms with Gasteiger partial charge in [-0.25, -0.2) is 0 Å². The highest BCUT2D eigenvalue weighted by atomic mass is 16.6. The minimum absolute atomic E-state index is 0.143. The lowest BCUT2D eigenvalue weighted by molar-refractivity contribution is -0.254. The van der Waals surface area contributed by atoms with Crippen LogP contribution in [-0.2, 0) is 27.3 Å². The number of nitrogens with two attached hydrogens (primary N) is 1. The summed E-state index contributed by atoms with van der Waals surface area (Å²) in [5, 5.41) is 43.3. The summed E-state index contributed by atoms with van der Waals surface area (Å²) in [6, 6.07) is 4.47. The second-order valence-corrected chi connectivity index (χ2v) is 8.37. The van der Waals surface area contributed by atoms with Crippen molar-refractivity contribution < 1.29 is 34.8 Å². The zero-order valence-corrected chi connectivity index (χ0v) is 17.5. The number of aromatic nitrogens is 1. The molecule has 11 nitrogen and oxygen atoms in total. The molecule has 1 unspecified atom stereocenters. The van der Waals surface area contributed by atoms with Gasteiger partial charge in [-0.05, 0) is 18.6 Å². The van der Waals surface area contributed by atoms with Crippen LogP contribution in [0.3, 0.4) is 0 Å². The number of carbonyl (C=O) groups is 2. The van der Waals surface area contributed by atoms with Gasteiger partial charge in [0.05, 0.1) is 19.2 Å². The van der Waals surface area contributed by atoms with E-state index in [9.17, 15) is 30.0 Å². The highest BCUT2D eigenvalue weighted by Gasteiger charge is 2.46. The first kappa shape index (κ1) is 22.6. The van der Waals surface area contributed by atoms with E-state index in [-0.39, 0.29) is 13.0 Å². The van der Waals surface area contributed by atoms with Gasteiger partial charge in [-0.3, -0.25) is 9.59 Å². The van der Waals surface area contributed by atoms with E-state index in [2.05, 4.69) is 10.3 Å². The summed E-state index contributed by atoms with van der Waals surface area (Å²) in [7, 11) is 0. The number of amides is 2. The van der Waals surface area contributed by atoms with Crippen LogP contribution in [0.5, 0.6) is 0 Å². The van der Waals surface area contributed by atoms with Crippen molar-refractivity contribution in [3.8, 4) is 0 Å². The molecule has 1 fully saturated rings. The number of aliphatic hydroxyl groups is 4. The average molecular weight is 448 g/mol. The van der Waals surface area contributed by atoms with Gasteiger partial charge < -0.3 is 46.1 Å². The molecule has 2 amide bonds. The summed E-state index contributed by atoms with van der Waals surface area (Å²) >= 11 is 0. The van der Waals surface area contributed by atoms with Crippen LogP contribution >= 0.6 is 0 Å². The summed E-state index contributed by atoms with van der Waals surface area (Å²) in [5.41, 5.74) is 8.41. The normalized spacial score (nSPS) is 31.2. The summed E-state index contributed by atoms with van der Waals surface area (Å²) in [6.45, 7) is 1.06. The van der Waals surface area contributed by atoms with E-state index in [0.717, 1.165) is 22.2 Å². The van der Waals surface area contributed by atoms with Crippen LogP contribution in [0.1, 0.15) is 18.2 Å².